The molecule has 0 spiro atoms. The zero-order valence-corrected chi connectivity index (χ0v) is 16.3. The average Bonchev–Trinajstić information content (AvgIpc) is 2.73. The van der Waals surface area contributed by atoms with Gasteiger partial charge in [0.25, 0.3) is 0 Å². The normalized spacial score (nSPS) is 17.0. The van der Waals surface area contributed by atoms with Crippen molar-refractivity contribution in [1.29, 1.82) is 0 Å². The maximum absolute atomic E-state index is 13.0. The molecule has 1 atom stereocenters. The van der Waals surface area contributed by atoms with Crippen LogP contribution in [0.15, 0.2) is 54.6 Å². The smallest absolute Gasteiger partial charge is 0.223 e. The summed E-state index contributed by atoms with van der Waals surface area (Å²) >= 11 is 0. The second-order valence-electron chi connectivity index (χ2n) is 7.47. The van der Waals surface area contributed by atoms with Crippen molar-refractivity contribution in [2.45, 2.75) is 38.3 Å². The largest absolute Gasteiger partial charge is 0.341 e. The summed E-state index contributed by atoms with van der Waals surface area (Å²) in [6.07, 6.45) is 2.40. The van der Waals surface area contributed by atoms with Crippen molar-refractivity contribution in [3.63, 3.8) is 0 Å². The minimum absolute atomic E-state index is 0.0215. The number of halogens is 1. The van der Waals surface area contributed by atoms with Crippen molar-refractivity contribution < 1.29 is 14.0 Å². The fourth-order valence-corrected chi connectivity index (χ4v) is 3.70. The maximum Gasteiger partial charge on any atom is 0.223 e. The molecule has 5 heteroatoms. The van der Waals surface area contributed by atoms with Gasteiger partial charge in [-0.2, -0.15) is 0 Å². The molecule has 0 aromatic heterocycles. The van der Waals surface area contributed by atoms with E-state index >= 15 is 0 Å². The second-order valence-corrected chi connectivity index (χ2v) is 7.47. The number of nitrogens with zero attached hydrogens (tertiary/aromatic N) is 2. The second kappa shape index (κ2) is 9.60. The third-order valence-corrected chi connectivity index (χ3v) is 5.38. The highest BCUT2D eigenvalue weighted by Crippen LogP contribution is 2.18. The van der Waals surface area contributed by atoms with Crippen LogP contribution in [-0.4, -0.2) is 47.7 Å². The highest BCUT2D eigenvalue weighted by Gasteiger charge is 2.26. The van der Waals surface area contributed by atoms with Crippen LogP contribution in [0.4, 0.5) is 4.39 Å². The summed E-state index contributed by atoms with van der Waals surface area (Å²) in [6.45, 7) is 2.31. The Bertz CT molecular complexity index is 792. The van der Waals surface area contributed by atoms with Gasteiger partial charge in [0, 0.05) is 44.1 Å². The molecule has 2 aromatic carbocycles. The highest BCUT2D eigenvalue weighted by molar-refractivity contribution is 5.97. The van der Waals surface area contributed by atoms with Crippen LogP contribution in [0.2, 0.25) is 0 Å². The molecule has 148 valence electrons. The van der Waals surface area contributed by atoms with Crippen molar-refractivity contribution in [2.75, 3.05) is 20.1 Å². The van der Waals surface area contributed by atoms with Crippen LogP contribution in [0.1, 0.15) is 41.6 Å². The molecule has 1 fully saturated rings. The molecule has 28 heavy (non-hydrogen) atoms. The molecular weight excluding hydrogens is 355 g/mol. The topological polar surface area (TPSA) is 40.6 Å². The molecule has 0 aliphatic carbocycles. The van der Waals surface area contributed by atoms with Crippen LogP contribution < -0.4 is 0 Å². The van der Waals surface area contributed by atoms with Crippen molar-refractivity contribution in [3.8, 4) is 0 Å². The number of hydrogen-bond donors (Lipinski definition) is 0. The number of piperidine rings is 1. The zero-order valence-electron chi connectivity index (χ0n) is 16.3. The van der Waals surface area contributed by atoms with Gasteiger partial charge < -0.3 is 4.90 Å². The molecule has 1 heterocycles. The Morgan fingerprint density at radius 3 is 2.50 bits per heavy atom. The predicted octanol–water partition coefficient (Wildman–Crippen LogP) is 3.91. The molecule has 1 aliphatic heterocycles. The lowest BCUT2D eigenvalue weighted by atomic mass is 10.0. The third-order valence-electron chi connectivity index (χ3n) is 5.38. The third kappa shape index (κ3) is 5.49. The molecule has 0 unspecified atom stereocenters. The van der Waals surface area contributed by atoms with Gasteiger partial charge in [-0.15, -0.1) is 0 Å². The molecule has 3 rings (SSSR count). The Hall–Kier alpha value is -2.53. The molecule has 4 nitrogen and oxygen atoms in total. The number of ketones is 1. The maximum atomic E-state index is 13.0. The van der Waals surface area contributed by atoms with Crippen LogP contribution in [0, 0.1) is 5.82 Å². The molecule has 0 saturated carbocycles. The SMILES string of the molecule is CN(Cc1ccccc1)[C@@H]1CCCN(C(=O)CCC(=O)c2ccc(F)cc2)C1. The summed E-state index contributed by atoms with van der Waals surface area (Å²) in [6, 6.07) is 16.1. The number of benzene rings is 2. The minimum atomic E-state index is -0.369. The van der Waals surface area contributed by atoms with Gasteiger partial charge in [-0.05, 0) is 49.7 Å². The molecule has 0 N–H and O–H groups in total. The van der Waals surface area contributed by atoms with Crippen LogP contribution in [0.3, 0.4) is 0 Å². The first-order valence-corrected chi connectivity index (χ1v) is 9.83. The van der Waals surface area contributed by atoms with Crippen LogP contribution in [0.5, 0.6) is 0 Å². The first-order valence-electron chi connectivity index (χ1n) is 9.83. The van der Waals surface area contributed by atoms with E-state index in [1.165, 1.54) is 29.8 Å². The molecule has 1 amide bonds. The van der Waals surface area contributed by atoms with E-state index in [9.17, 15) is 14.0 Å². The predicted molar refractivity (Wildman–Crippen MR) is 107 cm³/mol. The Morgan fingerprint density at radius 2 is 1.79 bits per heavy atom. The number of hydrogen-bond acceptors (Lipinski definition) is 3. The molecule has 0 bridgehead atoms. The van der Waals surface area contributed by atoms with Gasteiger partial charge in [-0.25, -0.2) is 4.39 Å². The van der Waals surface area contributed by atoms with Crippen molar-refractivity contribution >= 4 is 11.7 Å². The zero-order chi connectivity index (χ0) is 19.9. The lowest BCUT2D eigenvalue weighted by Gasteiger charge is -2.37. The van der Waals surface area contributed by atoms with E-state index in [-0.39, 0.29) is 30.3 Å². The van der Waals surface area contributed by atoms with Crippen LogP contribution >= 0.6 is 0 Å². The number of carbonyl (C=O) groups excluding carboxylic acids is 2. The van der Waals surface area contributed by atoms with E-state index in [4.69, 9.17) is 0 Å². The fraction of sp³-hybridized carbons (Fsp3) is 0.391. The van der Waals surface area contributed by atoms with Crippen molar-refractivity contribution in [2.24, 2.45) is 0 Å². The number of likely N-dealkylation sites (tertiary alicyclic amines) is 1. The lowest BCUT2D eigenvalue weighted by Crippen LogP contribution is -2.48. The molecule has 1 saturated heterocycles. The van der Waals surface area contributed by atoms with E-state index in [0.717, 1.165) is 25.9 Å². The van der Waals surface area contributed by atoms with E-state index < -0.39 is 0 Å². The number of likely N-dealkylation sites (N-methyl/N-ethyl adjacent to an activating group) is 1. The molecular formula is C23H27FN2O2. The van der Waals surface area contributed by atoms with Gasteiger partial charge in [-0.1, -0.05) is 30.3 Å². The number of rotatable bonds is 7. The highest BCUT2D eigenvalue weighted by atomic mass is 19.1. The van der Waals surface area contributed by atoms with E-state index in [1.54, 1.807) is 0 Å². The molecule has 1 aliphatic rings. The molecule has 2 aromatic rings. The van der Waals surface area contributed by atoms with Crippen molar-refractivity contribution in [3.05, 3.63) is 71.5 Å². The average molecular weight is 382 g/mol. The Morgan fingerprint density at radius 1 is 1.07 bits per heavy atom. The summed E-state index contributed by atoms with van der Waals surface area (Å²) in [7, 11) is 2.10. The van der Waals surface area contributed by atoms with Gasteiger partial charge in [-0.3, -0.25) is 14.5 Å². The number of amides is 1. The van der Waals surface area contributed by atoms with Crippen LogP contribution in [0.25, 0.3) is 0 Å². The Kier molecular flexibility index (Phi) is 6.93. The van der Waals surface area contributed by atoms with E-state index in [0.29, 0.717) is 18.2 Å². The van der Waals surface area contributed by atoms with Gasteiger partial charge in [0.15, 0.2) is 5.78 Å². The number of Topliss-reactive ketones (excluding diaryl/α,β-unsaturated/α-hetero) is 1. The summed E-state index contributed by atoms with van der Waals surface area (Å²) in [5.74, 6) is -0.469. The summed E-state index contributed by atoms with van der Waals surface area (Å²) in [5, 5.41) is 0. The van der Waals surface area contributed by atoms with Gasteiger partial charge in [0.2, 0.25) is 5.91 Å². The van der Waals surface area contributed by atoms with Crippen molar-refractivity contribution in [1.82, 2.24) is 9.80 Å². The van der Waals surface area contributed by atoms with Gasteiger partial charge in [0.1, 0.15) is 5.82 Å². The number of carbonyl (C=O) groups is 2. The lowest BCUT2D eigenvalue weighted by molar-refractivity contribution is -0.133. The summed E-state index contributed by atoms with van der Waals surface area (Å²) in [4.78, 5) is 29.0. The first-order chi connectivity index (χ1) is 13.5. The van der Waals surface area contributed by atoms with Gasteiger partial charge in [0.05, 0.1) is 0 Å². The quantitative estimate of drug-likeness (QED) is 0.682. The Labute approximate surface area is 166 Å². The minimum Gasteiger partial charge on any atom is -0.341 e. The standard InChI is InChI=1S/C23H27FN2O2/c1-25(16-18-6-3-2-4-7-18)21-8-5-15-26(17-21)23(28)14-13-22(27)19-9-11-20(24)12-10-19/h2-4,6-7,9-12,21H,5,8,13-17H2,1H3/t21-/m1/s1. The van der Waals surface area contributed by atoms with E-state index in [1.807, 2.05) is 23.1 Å². The monoisotopic (exact) mass is 382 g/mol. The van der Waals surface area contributed by atoms with Gasteiger partial charge >= 0.3 is 0 Å². The molecule has 0 radical (unpaired) electrons. The summed E-state index contributed by atoms with van der Waals surface area (Å²) < 4.78 is 13.0. The van der Waals surface area contributed by atoms with E-state index in [2.05, 4.69) is 24.1 Å². The Balaban J connectivity index is 1.49. The first kappa shape index (κ1) is 20.2. The summed E-state index contributed by atoms with van der Waals surface area (Å²) in [5.41, 5.74) is 1.71. The van der Waals surface area contributed by atoms with Crippen LogP contribution in [-0.2, 0) is 11.3 Å². The fourth-order valence-electron chi connectivity index (χ4n) is 3.70.